The van der Waals surface area contributed by atoms with E-state index in [4.69, 9.17) is 0 Å². The fourth-order valence-corrected chi connectivity index (χ4v) is 2.09. The fourth-order valence-electron chi connectivity index (χ4n) is 2.09. The van der Waals surface area contributed by atoms with Crippen LogP contribution in [-0.4, -0.2) is 15.3 Å². The number of rotatable bonds is 1. The van der Waals surface area contributed by atoms with Gasteiger partial charge in [0.2, 0.25) is 0 Å². The maximum absolute atomic E-state index is 10.0. The van der Waals surface area contributed by atoms with E-state index < -0.39 is 0 Å². The Morgan fingerprint density at radius 2 is 1.39 bits per heavy atom. The van der Waals surface area contributed by atoms with Gasteiger partial charge in [-0.15, -0.1) is 0 Å². The number of phenols is 3. The zero-order valence-electron chi connectivity index (χ0n) is 10.7. The van der Waals surface area contributed by atoms with Gasteiger partial charge in [-0.25, -0.2) is 0 Å². The van der Waals surface area contributed by atoms with Crippen LogP contribution in [-0.2, 0) is 0 Å². The lowest BCUT2D eigenvalue weighted by atomic mass is 9.93. The molecule has 0 aliphatic heterocycles. The number of aryl methyl sites for hydroxylation is 1. The third-order valence-corrected chi connectivity index (χ3v) is 3.36. The summed E-state index contributed by atoms with van der Waals surface area (Å²) in [6.45, 7) is 5.49. The van der Waals surface area contributed by atoms with Gasteiger partial charge in [-0.1, -0.05) is 12.1 Å². The molecule has 3 heteroatoms. The molecule has 0 bridgehead atoms. The Morgan fingerprint density at radius 3 is 1.94 bits per heavy atom. The maximum atomic E-state index is 10.0. The smallest absolute Gasteiger partial charge is 0.127 e. The summed E-state index contributed by atoms with van der Waals surface area (Å²) in [7, 11) is 0. The lowest BCUT2D eigenvalue weighted by molar-refractivity contribution is 0.453. The molecule has 3 N–H and O–H groups in total. The summed E-state index contributed by atoms with van der Waals surface area (Å²) < 4.78 is 0. The van der Waals surface area contributed by atoms with Gasteiger partial charge in [-0.2, -0.15) is 0 Å². The Bertz CT molecular complexity index is 595. The van der Waals surface area contributed by atoms with E-state index in [0.29, 0.717) is 16.7 Å². The van der Waals surface area contributed by atoms with Crippen LogP contribution in [0.4, 0.5) is 0 Å². The second-order valence-electron chi connectivity index (χ2n) is 4.51. The van der Waals surface area contributed by atoms with Gasteiger partial charge in [-0.05, 0) is 55.2 Å². The zero-order valence-corrected chi connectivity index (χ0v) is 10.7. The van der Waals surface area contributed by atoms with Crippen molar-refractivity contribution >= 4 is 0 Å². The van der Waals surface area contributed by atoms with Gasteiger partial charge in [0, 0.05) is 0 Å². The molecule has 3 nitrogen and oxygen atoms in total. The van der Waals surface area contributed by atoms with Gasteiger partial charge in [0.25, 0.3) is 0 Å². The van der Waals surface area contributed by atoms with Gasteiger partial charge in [-0.3, -0.25) is 0 Å². The third-order valence-electron chi connectivity index (χ3n) is 3.36. The van der Waals surface area contributed by atoms with Crippen molar-refractivity contribution in [2.45, 2.75) is 20.8 Å². The van der Waals surface area contributed by atoms with E-state index in [-0.39, 0.29) is 17.2 Å². The first kappa shape index (κ1) is 12.3. The lowest BCUT2D eigenvalue weighted by Gasteiger charge is -2.15. The molecule has 0 unspecified atom stereocenters. The molecular weight excluding hydrogens is 228 g/mol. The van der Waals surface area contributed by atoms with E-state index >= 15 is 0 Å². The Kier molecular flexibility index (Phi) is 2.91. The number of hydrogen-bond donors (Lipinski definition) is 3. The molecule has 0 aromatic heterocycles. The van der Waals surface area contributed by atoms with Gasteiger partial charge < -0.3 is 15.3 Å². The van der Waals surface area contributed by atoms with Crippen LogP contribution in [0.3, 0.4) is 0 Å². The number of aromatic hydroxyl groups is 3. The van der Waals surface area contributed by atoms with Crippen LogP contribution in [0, 0.1) is 20.8 Å². The standard InChI is InChI=1S/C15H16O3/c1-8-7-11(10(3)15(18)9(8)2)14-12(16)5-4-6-13(14)17/h4-7,16-18H,1-3H3. The second kappa shape index (κ2) is 4.26. The van der Waals surface area contributed by atoms with Gasteiger partial charge in [0.05, 0.1) is 5.56 Å². The van der Waals surface area contributed by atoms with Crippen LogP contribution >= 0.6 is 0 Å². The Balaban J connectivity index is 2.80. The van der Waals surface area contributed by atoms with Gasteiger partial charge in [0.15, 0.2) is 0 Å². The van der Waals surface area contributed by atoms with Gasteiger partial charge >= 0.3 is 0 Å². The predicted octanol–water partition coefficient (Wildman–Crippen LogP) is 3.40. The van der Waals surface area contributed by atoms with Crippen molar-refractivity contribution in [1.82, 2.24) is 0 Å². The highest BCUT2D eigenvalue weighted by atomic mass is 16.3. The van der Waals surface area contributed by atoms with Gasteiger partial charge in [0.1, 0.15) is 17.2 Å². The molecule has 94 valence electrons. The molecule has 0 spiro atoms. The monoisotopic (exact) mass is 244 g/mol. The van der Waals surface area contributed by atoms with E-state index in [9.17, 15) is 15.3 Å². The van der Waals surface area contributed by atoms with Crippen molar-refractivity contribution in [3.8, 4) is 28.4 Å². The van der Waals surface area contributed by atoms with E-state index in [2.05, 4.69) is 0 Å². The lowest BCUT2D eigenvalue weighted by Crippen LogP contribution is -1.91. The first-order valence-electron chi connectivity index (χ1n) is 5.74. The molecule has 0 atom stereocenters. The van der Waals surface area contributed by atoms with E-state index in [0.717, 1.165) is 11.1 Å². The molecule has 0 saturated heterocycles. The summed E-state index contributed by atoms with van der Waals surface area (Å²) in [5.41, 5.74) is 3.37. The minimum atomic E-state index is 0.000697. The van der Waals surface area contributed by atoms with E-state index in [1.54, 1.807) is 13.0 Å². The molecule has 0 fully saturated rings. The van der Waals surface area contributed by atoms with E-state index in [1.165, 1.54) is 12.1 Å². The third kappa shape index (κ3) is 1.78. The summed E-state index contributed by atoms with van der Waals surface area (Å²) in [6.07, 6.45) is 0. The van der Waals surface area contributed by atoms with Crippen molar-refractivity contribution in [3.63, 3.8) is 0 Å². The van der Waals surface area contributed by atoms with Crippen molar-refractivity contribution in [3.05, 3.63) is 41.0 Å². The Morgan fingerprint density at radius 1 is 0.833 bits per heavy atom. The highest BCUT2D eigenvalue weighted by molar-refractivity contribution is 5.80. The number of hydrogen-bond acceptors (Lipinski definition) is 3. The van der Waals surface area contributed by atoms with Crippen LogP contribution < -0.4 is 0 Å². The van der Waals surface area contributed by atoms with Crippen LogP contribution in [0.25, 0.3) is 11.1 Å². The zero-order chi connectivity index (χ0) is 13.4. The average Bonchev–Trinajstić information content (AvgIpc) is 2.32. The SMILES string of the molecule is Cc1cc(-c2c(O)cccc2O)c(C)c(O)c1C. The van der Waals surface area contributed by atoms with Crippen molar-refractivity contribution in [2.75, 3.05) is 0 Å². The molecule has 2 rings (SSSR count). The molecule has 0 aliphatic carbocycles. The topological polar surface area (TPSA) is 60.7 Å². The fraction of sp³-hybridized carbons (Fsp3) is 0.200. The Hall–Kier alpha value is -2.16. The minimum Gasteiger partial charge on any atom is -0.507 e. The summed E-state index contributed by atoms with van der Waals surface area (Å²) in [6, 6.07) is 6.46. The van der Waals surface area contributed by atoms with Crippen LogP contribution in [0.15, 0.2) is 24.3 Å². The molecule has 0 radical (unpaired) electrons. The van der Waals surface area contributed by atoms with Crippen LogP contribution in [0.1, 0.15) is 16.7 Å². The number of benzene rings is 2. The molecule has 18 heavy (non-hydrogen) atoms. The highest BCUT2D eigenvalue weighted by Crippen LogP contribution is 2.42. The minimum absolute atomic E-state index is 0.000697. The first-order chi connectivity index (χ1) is 8.43. The number of phenolic OH excluding ortho intramolecular Hbond substituents is 3. The molecule has 0 heterocycles. The molecule has 0 aliphatic rings. The van der Waals surface area contributed by atoms with E-state index in [1.807, 2.05) is 19.9 Å². The average molecular weight is 244 g/mol. The summed E-state index contributed by atoms with van der Waals surface area (Å²) in [5, 5.41) is 29.8. The summed E-state index contributed by atoms with van der Waals surface area (Å²) >= 11 is 0. The highest BCUT2D eigenvalue weighted by Gasteiger charge is 2.16. The molecular formula is C15H16O3. The Labute approximate surface area is 106 Å². The van der Waals surface area contributed by atoms with Crippen molar-refractivity contribution in [1.29, 1.82) is 0 Å². The predicted molar refractivity (Wildman–Crippen MR) is 71.1 cm³/mol. The molecule has 2 aromatic rings. The summed E-state index contributed by atoms with van der Waals surface area (Å²) in [4.78, 5) is 0. The molecule has 0 amide bonds. The molecule has 2 aromatic carbocycles. The largest absolute Gasteiger partial charge is 0.507 e. The normalized spacial score (nSPS) is 10.6. The van der Waals surface area contributed by atoms with Crippen molar-refractivity contribution < 1.29 is 15.3 Å². The quantitative estimate of drug-likeness (QED) is 0.720. The van der Waals surface area contributed by atoms with Crippen LogP contribution in [0.5, 0.6) is 17.2 Å². The summed E-state index contributed by atoms with van der Waals surface area (Å²) in [5.74, 6) is 0.203. The second-order valence-corrected chi connectivity index (χ2v) is 4.51. The van der Waals surface area contributed by atoms with Crippen LogP contribution in [0.2, 0.25) is 0 Å². The molecule has 0 saturated carbocycles. The maximum Gasteiger partial charge on any atom is 0.127 e. The van der Waals surface area contributed by atoms with Crippen molar-refractivity contribution in [2.24, 2.45) is 0 Å². The first-order valence-corrected chi connectivity index (χ1v) is 5.74.